The Hall–Kier alpha value is -2.87. The number of alkyl halides is 3. The molecule has 1 aromatic carbocycles. The Morgan fingerprint density at radius 2 is 1.92 bits per heavy atom. The smallest absolute Gasteiger partial charge is 0.417 e. The van der Waals surface area contributed by atoms with Crippen LogP contribution >= 0.6 is 11.6 Å². The van der Waals surface area contributed by atoms with Crippen molar-refractivity contribution in [2.75, 3.05) is 0 Å². The van der Waals surface area contributed by atoms with Gasteiger partial charge in [-0.1, -0.05) is 17.7 Å². The first-order chi connectivity index (χ1) is 12.2. The highest BCUT2D eigenvalue weighted by molar-refractivity contribution is 6.31. The highest BCUT2D eigenvalue weighted by atomic mass is 35.5. The minimum atomic E-state index is -4.60. The molecule has 0 atom stereocenters. The number of imidazole rings is 1. The van der Waals surface area contributed by atoms with Crippen molar-refractivity contribution >= 4 is 17.6 Å². The molecule has 3 aromatic rings. The van der Waals surface area contributed by atoms with Gasteiger partial charge in [-0.05, 0) is 24.3 Å². The maximum absolute atomic E-state index is 13.2. The average Bonchev–Trinajstić information content (AvgIpc) is 2.96. The van der Waals surface area contributed by atoms with E-state index in [4.69, 9.17) is 16.7 Å². The first-order valence-electron chi connectivity index (χ1n) is 7.26. The van der Waals surface area contributed by atoms with Gasteiger partial charge < -0.3 is 9.67 Å². The van der Waals surface area contributed by atoms with Crippen molar-refractivity contribution in [1.29, 1.82) is 0 Å². The fraction of sp³-hybridized carbons (Fsp3) is 0.118. The van der Waals surface area contributed by atoms with E-state index in [1.807, 2.05) is 0 Å². The minimum absolute atomic E-state index is 0.00121. The first-order valence-corrected chi connectivity index (χ1v) is 7.64. The molecule has 0 fully saturated rings. The Bertz CT molecular complexity index is 999. The molecule has 134 valence electrons. The predicted molar refractivity (Wildman–Crippen MR) is 88.8 cm³/mol. The van der Waals surface area contributed by atoms with Crippen LogP contribution in [0.15, 0.2) is 42.9 Å². The number of pyridine rings is 1. The Kier molecular flexibility index (Phi) is 4.45. The summed E-state index contributed by atoms with van der Waals surface area (Å²) in [6.07, 6.45) is -1.88. The molecule has 0 radical (unpaired) electrons. The van der Waals surface area contributed by atoms with Crippen molar-refractivity contribution in [3.8, 4) is 22.6 Å². The van der Waals surface area contributed by atoms with E-state index in [1.54, 1.807) is 7.05 Å². The molecule has 0 saturated carbocycles. The molecule has 0 aliphatic heterocycles. The van der Waals surface area contributed by atoms with Crippen LogP contribution in [0.3, 0.4) is 0 Å². The van der Waals surface area contributed by atoms with E-state index in [-0.39, 0.29) is 22.5 Å². The molecule has 0 unspecified atom stereocenters. The lowest BCUT2D eigenvalue weighted by Gasteiger charge is -2.12. The number of halogens is 4. The third-order valence-electron chi connectivity index (χ3n) is 3.73. The summed E-state index contributed by atoms with van der Waals surface area (Å²) in [5.41, 5.74) is 0.145. The Labute approximate surface area is 150 Å². The maximum atomic E-state index is 13.2. The van der Waals surface area contributed by atoms with E-state index in [0.717, 1.165) is 12.1 Å². The Morgan fingerprint density at radius 3 is 2.58 bits per heavy atom. The summed E-state index contributed by atoms with van der Waals surface area (Å²) in [5, 5.41) is 8.70. The number of carboxylic acids is 1. The summed E-state index contributed by atoms with van der Waals surface area (Å²) in [6.45, 7) is 0. The number of hydrogen-bond donors (Lipinski definition) is 1. The van der Waals surface area contributed by atoms with Crippen molar-refractivity contribution in [3.63, 3.8) is 0 Å². The third-order valence-corrected chi connectivity index (χ3v) is 4.06. The molecule has 2 aromatic heterocycles. The van der Waals surface area contributed by atoms with Gasteiger partial charge in [0.15, 0.2) is 0 Å². The summed E-state index contributed by atoms with van der Waals surface area (Å²) < 4.78 is 41.0. The second kappa shape index (κ2) is 6.45. The topological polar surface area (TPSA) is 68.0 Å². The van der Waals surface area contributed by atoms with Gasteiger partial charge >= 0.3 is 12.1 Å². The molecule has 0 saturated heterocycles. The number of benzene rings is 1. The van der Waals surface area contributed by atoms with Crippen molar-refractivity contribution in [1.82, 2.24) is 14.5 Å². The average molecular weight is 382 g/mol. The number of aromatic nitrogens is 3. The zero-order valence-corrected chi connectivity index (χ0v) is 14.0. The number of carbonyl (C=O) groups is 1. The van der Waals surface area contributed by atoms with Crippen LogP contribution in [0.5, 0.6) is 0 Å². The normalized spacial score (nSPS) is 11.6. The van der Waals surface area contributed by atoms with E-state index in [9.17, 15) is 18.0 Å². The van der Waals surface area contributed by atoms with E-state index in [0.29, 0.717) is 5.69 Å². The molecular formula is C17H11ClF3N3O2. The zero-order valence-electron chi connectivity index (χ0n) is 13.3. The molecule has 0 spiro atoms. The summed E-state index contributed by atoms with van der Waals surface area (Å²) in [7, 11) is 1.62. The molecule has 26 heavy (non-hydrogen) atoms. The molecule has 9 heteroatoms. The molecule has 0 aliphatic rings. The van der Waals surface area contributed by atoms with E-state index in [1.165, 1.54) is 35.3 Å². The zero-order chi connectivity index (χ0) is 19.1. The SMILES string of the molecule is Cn1cnc(-c2cc(C(=O)O)ccn2)c1-c1ccc(Cl)c(C(F)(F)F)c1. The van der Waals surface area contributed by atoms with Gasteiger partial charge in [0.25, 0.3) is 0 Å². The lowest BCUT2D eigenvalue weighted by atomic mass is 10.0. The van der Waals surface area contributed by atoms with Crippen LogP contribution < -0.4 is 0 Å². The molecule has 0 amide bonds. The molecule has 0 bridgehead atoms. The molecule has 1 N–H and O–H groups in total. The minimum Gasteiger partial charge on any atom is -0.478 e. The van der Waals surface area contributed by atoms with Crippen LogP contribution in [-0.4, -0.2) is 25.6 Å². The maximum Gasteiger partial charge on any atom is 0.417 e. The predicted octanol–water partition coefficient (Wildman–Crippen LogP) is 4.52. The largest absolute Gasteiger partial charge is 0.478 e. The van der Waals surface area contributed by atoms with Crippen LogP contribution in [-0.2, 0) is 13.2 Å². The van der Waals surface area contributed by atoms with Gasteiger partial charge in [0, 0.05) is 18.8 Å². The fourth-order valence-electron chi connectivity index (χ4n) is 2.54. The standard InChI is InChI=1S/C17H11ClF3N3O2/c1-24-8-23-14(13-7-10(16(25)26)4-5-22-13)15(24)9-2-3-12(18)11(6-9)17(19,20)21/h2-8H,1H3,(H,25,26). The van der Waals surface area contributed by atoms with Crippen LogP contribution in [0.1, 0.15) is 15.9 Å². The highest BCUT2D eigenvalue weighted by Gasteiger charge is 2.34. The fourth-order valence-corrected chi connectivity index (χ4v) is 2.77. The van der Waals surface area contributed by atoms with Gasteiger partial charge in [-0.25, -0.2) is 9.78 Å². The van der Waals surface area contributed by atoms with Crippen LogP contribution in [0.4, 0.5) is 13.2 Å². The quantitative estimate of drug-likeness (QED) is 0.724. The second-order valence-electron chi connectivity index (χ2n) is 5.48. The molecule has 0 aliphatic carbocycles. The van der Waals surface area contributed by atoms with Crippen molar-refractivity contribution < 1.29 is 23.1 Å². The number of aromatic carboxylic acids is 1. The van der Waals surface area contributed by atoms with Crippen molar-refractivity contribution in [2.24, 2.45) is 7.05 Å². The Morgan fingerprint density at radius 1 is 1.19 bits per heavy atom. The van der Waals surface area contributed by atoms with Crippen LogP contribution in [0, 0.1) is 0 Å². The molecule has 2 heterocycles. The van der Waals surface area contributed by atoms with Crippen molar-refractivity contribution in [3.05, 3.63) is 59.0 Å². The van der Waals surface area contributed by atoms with Gasteiger partial charge in [-0.3, -0.25) is 4.98 Å². The molecule has 3 rings (SSSR count). The van der Waals surface area contributed by atoms with Gasteiger partial charge in [0.05, 0.1) is 33.9 Å². The number of nitrogens with zero attached hydrogens (tertiary/aromatic N) is 3. The van der Waals surface area contributed by atoms with Crippen LogP contribution in [0.2, 0.25) is 5.02 Å². The Balaban J connectivity index is 2.19. The summed E-state index contributed by atoms with van der Waals surface area (Å²) >= 11 is 5.67. The number of aryl methyl sites for hydroxylation is 1. The number of hydrogen-bond acceptors (Lipinski definition) is 3. The van der Waals surface area contributed by atoms with Crippen molar-refractivity contribution in [2.45, 2.75) is 6.18 Å². The monoisotopic (exact) mass is 381 g/mol. The first kappa shape index (κ1) is 17.9. The lowest BCUT2D eigenvalue weighted by molar-refractivity contribution is -0.137. The van der Waals surface area contributed by atoms with Gasteiger partial charge in [-0.15, -0.1) is 0 Å². The van der Waals surface area contributed by atoms with E-state index < -0.39 is 22.7 Å². The van der Waals surface area contributed by atoms with Crippen LogP contribution in [0.25, 0.3) is 22.6 Å². The summed E-state index contributed by atoms with van der Waals surface area (Å²) in [4.78, 5) is 19.4. The summed E-state index contributed by atoms with van der Waals surface area (Å²) in [5.74, 6) is -1.14. The highest BCUT2D eigenvalue weighted by Crippen LogP contribution is 2.38. The number of rotatable bonds is 3. The number of carboxylic acid groups (broad SMARTS) is 1. The molecule has 5 nitrogen and oxygen atoms in total. The molecular weight excluding hydrogens is 371 g/mol. The van der Waals surface area contributed by atoms with E-state index >= 15 is 0 Å². The van der Waals surface area contributed by atoms with Gasteiger partial charge in [0.2, 0.25) is 0 Å². The lowest BCUT2D eigenvalue weighted by Crippen LogP contribution is -2.06. The van der Waals surface area contributed by atoms with E-state index in [2.05, 4.69) is 9.97 Å². The van der Waals surface area contributed by atoms with Gasteiger partial charge in [0.1, 0.15) is 5.69 Å². The van der Waals surface area contributed by atoms with Gasteiger partial charge in [-0.2, -0.15) is 13.2 Å². The second-order valence-corrected chi connectivity index (χ2v) is 5.89. The third kappa shape index (κ3) is 3.28. The summed E-state index contributed by atoms with van der Waals surface area (Å²) in [6, 6.07) is 6.17.